The first kappa shape index (κ1) is 17.6. The molecule has 0 saturated carbocycles. The van der Waals surface area contributed by atoms with Gasteiger partial charge in [-0.2, -0.15) is 0 Å². The number of hydrogen-bond donors (Lipinski definition) is 0. The number of carbonyl (C=O) groups excluding carboxylic acids is 1. The van der Waals surface area contributed by atoms with E-state index in [0.717, 1.165) is 38.9 Å². The Morgan fingerprint density at radius 2 is 1.92 bits per heavy atom. The minimum Gasteiger partial charge on any atom is -0.376 e. The van der Waals surface area contributed by atoms with Gasteiger partial charge in [0.1, 0.15) is 5.82 Å². The zero-order valence-electron chi connectivity index (χ0n) is 14.8. The molecule has 0 amide bonds. The Bertz CT molecular complexity index is 562. The fourth-order valence-electron chi connectivity index (χ4n) is 4.59. The van der Waals surface area contributed by atoms with Crippen molar-refractivity contribution in [1.29, 1.82) is 0 Å². The molecule has 2 aliphatic rings. The molecule has 24 heavy (non-hydrogen) atoms. The van der Waals surface area contributed by atoms with Crippen LogP contribution in [0.25, 0.3) is 0 Å². The highest BCUT2D eigenvalue weighted by molar-refractivity contribution is 5.95. The van der Waals surface area contributed by atoms with Crippen molar-refractivity contribution in [2.45, 2.75) is 58.2 Å². The fourth-order valence-corrected chi connectivity index (χ4v) is 4.59. The van der Waals surface area contributed by atoms with Crippen LogP contribution in [0.1, 0.15) is 56.3 Å². The number of hydrogen-bond acceptors (Lipinski definition) is 3. The van der Waals surface area contributed by atoms with Gasteiger partial charge in [0.25, 0.3) is 0 Å². The Labute approximate surface area is 144 Å². The normalized spacial score (nSPS) is 30.8. The lowest BCUT2D eigenvalue weighted by molar-refractivity contribution is -0.0836. The number of ketones is 1. The molecule has 0 aliphatic carbocycles. The smallest absolute Gasteiger partial charge is 0.162 e. The molecule has 3 rings (SSSR count). The predicted molar refractivity (Wildman–Crippen MR) is 92.7 cm³/mol. The van der Waals surface area contributed by atoms with Crippen LogP contribution in [0.5, 0.6) is 0 Å². The fraction of sp³-hybridized carbons (Fsp3) is 0.650. The Balaban J connectivity index is 1.45. The molecule has 2 saturated heterocycles. The minimum atomic E-state index is -0.297. The first-order chi connectivity index (χ1) is 11.5. The molecule has 0 aromatic heterocycles. The Kier molecular flexibility index (Phi) is 5.36. The Morgan fingerprint density at radius 1 is 1.25 bits per heavy atom. The molecular weight excluding hydrogens is 305 g/mol. The third kappa shape index (κ3) is 4.22. The second-order valence-corrected chi connectivity index (χ2v) is 7.73. The van der Waals surface area contributed by atoms with E-state index < -0.39 is 0 Å². The molecule has 2 heterocycles. The van der Waals surface area contributed by atoms with Gasteiger partial charge >= 0.3 is 0 Å². The highest BCUT2D eigenvalue weighted by Crippen LogP contribution is 2.43. The molecule has 132 valence electrons. The van der Waals surface area contributed by atoms with Gasteiger partial charge in [0, 0.05) is 18.5 Å². The van der Waals surface area contributed by atoms with E-state index in [2.05, 4.69) is 18.7 Å². The summed E-state index contributed by atoms with van der Waals surface area (Å²) in [4.78, 5) is 14.7. The highest BCUT2D eigenvalue weighted by atomic mass is 19.1. The standard InChI is InChI=1S/C20H28FNO2/c1-15-12-20(13-16(2)24-15)9-11-22(14-20)10-3-4-19(23)17-5-7-18(21)8-6-17/h5-8,15-16H,3-4,9-14H2,1-2H3. The highest BCUT2D eigenvalue weighted by Gasteiger charge is 2.43. The van der Waals surface area contributed by atoms with E-state index in [9.17, 15) is 9.18 Å². The van der Waals surface area contributed by atoms with E-state index >= 15 is 0 Å². The van der Waals surface area contributed by atoms with Gasteiger partial charge in [-0.1, -0.05) is 0 Å². The lowest BCUT2D eigenvalue weighted by atomic mass is 9.75. The van der Waals surface area contributed by atoms with Crippen LogP contribution in [-0.2, 0) is 4.74 Å². The second kappa shape index (κ2) is 7.32. The quantitative estimate of drug-likeness (QED) is 0.761. The van der Waals surface area contributed by atoms with Crippen LogP contribution < -0.4 is 0 Å². The molecule has 1 aromatic rings. The maximum absolute atomic E-state index is 12.9. The number of likely N-dealkylation sites (tertiary alicyclic amines) is 1. The zero-order chi connectivity index (χ0) is 17.2. The average Bonchev–Trinajstić information content (AvgIpc) is 2.88. The number of rotatable bonds is 5. The molecule has 0 radical (unpaired) electrons. The van der Waals surface area contributed by atoms with Crippen LogP contribution >= 0.6 is 0 Å². The van der Waals surface area contributed by atoms with Gasteiger partial charge in [0.2, 0.25) is 0 Å². The summed E-state index contributed by atoms with van der Waals surface area (Å²) in [6.45, 7) is 7.60. The summed E-state index contributed by atoms with van der Waals surface area (Å²) in [5.41, 5.74) is 1.03. The van der Waals surface area contributed by atoms with Crippen molar-refractivity contribution in [3.05, 3.63) is 35.6 Å². The second-order valence-electron chi connectivity index (χ2n) is 7.73. The first-order valence-corrected chi connectivity index (χ1v) is 9.12. The van der Waals surface area contributed by atoms with Gasteiger partial charge in [-0.05, 0) is 82.3 Å². The summed E-state index contributed by atoms with van der Waals surface area (Å²) in [5.74, 6) is -0.189. The van der Waals surface area contributed by atoms with Gasteiger partial charge in [-0.25, -0.2) is 4.39 Å². The molecule has 2 unspecified atom stereocenters. The van der Waals surface area contributed by atoms with Crippen LogP contribution in [0.4, 0.5) is 4.39 Å². The summed E-state index contributed by atoms with van der Waals surface area (Å²) in [6, 6.07) is 5.86. The van der Waals surface area contributed by atoms with E-state index in [1.54, 1.807) is 12.1 Å². The number of carbonyl (C=O) groups is 1. The molecule has 1 spiro atoms. The van der Waals surface area contributed by atoms with Gasteiger partial charge in [-0.3, -0.25) is 4.79 Å². The van der Waals surface area contributed by atoms with Gasteiger partial charge < -0.3 is 9.64 Å². The van der Waals surface area contributed by atoms with Crippen molar-refractivity contribution in [2.24, 2.45) is 5.41 Å². The molecule has 0 bridgehead atoms. The largest absolute Gasteiger partial charge is 0.376 e. The summed E-state index contributed by atoms with van der Waals surface area (Å²) < 4.78 is 18.8. The number of Topliss-reactive ketones (excluding diaryl/α,β-unsaturated/α-hetero) is 1. The van der Waals surface area contributed by atoms with Crippen molar-refractivity contribution in [2.75, 3.05) is 19.6 Å². The van der Waals surface area contributed by atoms with Crippen LogP contribution in [0, 0.1) is 11.2 Å². The van der Waals surface area contributed by atoms with E-state index in [0.29, 0.717) is 29.6 Å². The molecule has 2 aliphatic heterocycles. The van der Waals surface area contributed by atoms with Crippen molar-refractivity contribution in [1.82, 2.24) is 4.90 Å². The number of benzene rings is 1. The third-order valence-electron chi connectivity index (χ3n) is 5.47. The summed E-state index contributed by atoms with van der Waals surface area (Å²) in [7, 11) is 0. The third-order valence-corrected chi connectivity index (χ3v) is 5.47. The first-order valence-electron chi connectivity index (χ1n) is 9.12. The number of halogens is 1. The van der Waals surface area contributed by atoms with E-state index in [1.807, 2.05) is 0 Å². The van der Waals surface area contributed by atoms with Crippen LogP contribution in [-0.4, -0.2) is 42.5 Å². The molecule has 2 atom stereocenters. The number of ether oxygens (including phenoxy) is 1. The van der Waals surface area contributed by atoms with Gasteiger partial charge in [-0.15, -0.1) is 0 Å². The lowest BCUT2D eigenvalue weighted by Crippen LogP contribution is -2.40. The Hall–Kier alpha value is -1.26. The molecule has 4 heteroatoms. The van der Waals surface area contributed by atoms with Crippen molar-refractivity contribution in [3.8, 4) is 0 Å². The van der Waals surface area contributed by atoms with Crippen molar-refractivity contribution in [3.63, 3.8) is 0 Å². The molecule has 3 nitrogen and oxygen atoms in total. The summed E-state index contributed by atoms with van der Waals surface area (Å²) in [5, 5.41) is 0. The summed E-state index contributed by atoms with van der Waals surface area (Å²) >= 11 is 0. The summed E-state index contributed by atoms with van der Waals surface area (Å²) in [6.07, 6.45) is 5.67. The molecule has 0 N–H and O–H groups in total. The van der Waals surface area contributed by atoms with Crippen molar-refractivity contribution >= 4 is 5.78 Å². The molecular formula is C20H28FNO2. The Morgan fingerprint density at radius 3 is 2.58 bits per heavy atom. The topological polar surface area (TPSA) is 29.5 Å². The monoisotopic (exact) mass is 333 g/mol. The van der Waals surface area contributed by atoms with Gasteiger partial charge in [0.05, 0.1) is 12.2 Å². The number of nitrogens with zero attached hydrogens (tertiary/aromatic N) is 1. The predicted octanol–water partition coefficient (Wildman–Crippen LogP) is 4.07. The van der Waals surface area contributed by atoms with E-state index in [1.165, 1.54) is 18.6 Å². The SMILES string of the molecule is CC1CC2(CCN(CCCC(=O)c3ccc(F)cc3)C2)CC(C)O1. The van der Waals surface area contributed by atoms with Crippen LogP contribution in [0.3, 0.4) is 0 Å². The lowest BCUT2D eigenvalue weighted by Gasteiger charge is -2.40. The maximum atomic E-state index is 12.9. The van der Waals surface area contributed by atoms with E-state index in [-0.39, 0.29) is 11.6 Å². The maximum Gasteiger partial charge on any atom is 0.162 e. The molecule has 2 fully saturated rings. The van der Waals surface area contributed by atoms with Crippen LogP contribution in [0.2, 0.25) is 0 Å². The van der Waals surface area contributed by atoms with Crippen molar-refractivity contribution < 1.29 is 13.9 Å². The molecule has 1 aromatic carbocycles. The average molecular weight is 333 g/mol. The minimum absolute atomic E-state index is 0.109. The zero-order valence-corrected chi connectivity index (χ0v) is 14.8. The van der Waals surface area contributed by atoms with E-state index in [4.69, 9.17) is 4.74 Å². The van der Waals surface area contributed by atoms with Crippen LogP contribution in [0.15, 0.2) is 24.3 Å². The van der Waals surface area contributed by atoms with Gasteiger partial charge in [0.15, 0.2) is 5.78 Å².